The molecule has 0 spiro atoms. The first-order valence-corrected chi connectivity index (χ1v) is 8.27. The molecule has 0 saturated heterocycles. The lowest BCUT2D eigenvalue weighted by molar-refractivity contribution is -0.122. The molecular weight excluding hydrogens is 350 g/mol. The van der Waals surface area contributed by atoms with E-state index < -0.39 is 0 Å². The zero-order valence-electron chi connectivity index (χ0n) is 14.0. The molecule has 1 amide bonds. The maximum Gasteiger partial charge on any atom is 0.262 e. The predicted octanol–water partition coefficient (Wildman–Crippen LogP) is 1.67. The van der Waals surface area contributed by atoms with Crippen molar-refractivity contribution < 1.29 is 4.79 Å². The van der Waals surface area contributed by atoms with Gasteiger partial charge in [-0.3, -0.25) is 15.6 Å². The Morgan fingerprint density at radius 2 is 1.92 bits per heavy atom. The second-order valence-electron chi connectivity index (χ2n) is 5.51. The van der Waals surface area contributed by atoms with Gasteiger partial charge in [0.05, 0.1) is 0 Å². The molecule has 1 heterocycles. The second-order valence-corrected chi connectivity index (χ2v) is 5.91. The molecule has 132 valence electrons. The first kappa shape index (κ1) is 17.5. The van der Waals surface area contributed by atoms with Crippen LogP contribution in [0.5, 0.6) is 0 Å². The monoisotopic (exact) mass is 367 g/mol. The summed E-state index contributed by atoms with van der Waals surface area (Å²) in [4.78, 5) is 13.2. The molecule has 3 rings (SSSR count). The zero-order chi connectivity index (χ0) is 18.4. The van der Waals surface area contributed by atoms with Crippen molar-refractivity contribution in [2.24, 2.45) is 0 Å². The van der Waals surface area contributed by atoms with Gasteiger partial charge in [-0.1, -0.05) is 42.5 Å². The molecule has 0 atom stereocenters. The van der Waals surface area contributed by atoms with Crippen LogP contribution in [0.3, 0.4) is 0 Å². The molecule has 9 heteroatoms. The van der Waals surface area contributed by atoms with Crippen molar-refractivity contribution in [1.29, 1.82) is 0 Å². The fourth-order valence-electron chi connectivity index (χ4n) is 2.19. The third-order valence-electron chi connectivity index (χ3n) is 3.36. The van der Waals surface area contributed by atoms with Crippen molar-refractivity contribution in [2.45, 2.75) is 13.5 Å². The quantitative estimate of drug-likeness (QED) is 0.477. The minimum absolute atomic E-state index is 0.0834. The van der Waals surface area contributed by atoms with Gasteiger partial charge < -0.3 is 5.32 Å². The first-order chi connectivity index (χ1) is 12.6. The number of carbonyl (C=O) groups excluding carboxylic acids is 1. The van der Waals surface area contributed by atoms with Crippen molar-refractivity contribution in [3.05, 3.63) is 60.2 Å². The molecule has 3 aromatic rings. The Labute approximate surface area is 155 Å². The minimum Gasteiger partial charge on any atom is -0.331 e. The van der Waals surface area contributed by atoms with E-state index in [1.807, 2.05) is 61.5 Å². The number of rotatable bonds is 4. The third-order valence-corrected chi connectivity index (χ3v) is 3.57. The number of tetrazole rings is 1. The van der Waals surface area contributed by atoms with Gasteiger partial charge >= 0.3 is 0 Å². The smallest absolute Gasteiger partial charge is 0.262 e. The van der Waals surface area contributed by atoms with Gasteiger partial charge in [0, 0.05) is 11.3 Å². The van der Waals surface area contributed by atoms with Crippen LogP contribution in [0.1, 0.15) is 5.56 Å². The van der Waals surface area contributed by atoms with Crippen LogP contribution in [0.4, 0.5) is 5.69 Å². The molecule has 0 unspecified atom stereocenters. The van der Waals surface area contributed by atoms with Crippen LogP contribution < -0.4 is 16.2 Å². The zero-order valence-corrected chi connectivity index (χ0v) is 14.8. The Hall–Kier alpha value is -3.33. The number of aromatic nitrogens is 4. The molecule has 2 aromatic carbocycles. The molecule has 0 aliphatic carbocycles. The van der Waals surface area contributed by atoms with Gasteiger partial charge in [-0.25, -0.2) is 0 Å². The Morgan fingerprint density at radius 3 is 2.69 bits per heavy atom. The Balaban J connectivity index is 1.48. The topological polar surface area (TPSA) is 96.8 Å². The molecule has 1 aromatic heterocycles. The fourth-order valence-corrected chi connectivity index (χ4v) is 2.36. The highest BCUT2D eigenvalue weighted by molar-refractivity contribution is 7.80. The van der Waals surface area contributed by atoms with E-state index in [9.17, 15) is 4.79 Å². The summed E-state index contributed by atoms with van der Waals surface area (Å²) >= 11 is 5.14. The van der Waals surface area contributed by atoms with Crippen LogP contribution in [-0.2, 0) is 11.3 Å². The lowest BCUT2D eigenvalue weighted by Gasteiger charge is -2.11. The largest absolute Gasteiger partial charge is 0.331 e. The van der Waals surface area contributed by atoms with Gasteiger partial charge in [0.1, 0.15) is 6.54 Å². The molecule has 0 radical (unpaired) electrons. The van der Waals surface area contributed by atoms with Gasteiger partial charge in [0.15, 0.2) is 5.11 Å². The number of anilines is 1. The molecule has 0 aliphatic rings. The normalized spacial score (nSPS) is 10.2. The van der Waals surface area contributed by atoms with Crippen molar-refractivity contribution in [2.75, 3.05) is 5.32 Å². The highest BCUT2D eigenvalue weighted by Crippen LogP contribution is 2.11. The van der Waals surface area contributed by atoms with E-state index in [-0.39, 0.29) is 17.6 Å². The van der Waals surface area contributed by atoms with Crippen LogP contribution in [0.25, 0.3) is 11.4 Å². The number of hydrogen-bond donors (Lipinski definition) is 3. The standard InChI is InChI=1S/C17H17N7OS/c1-12-6-5-9-14(10-12)18-17(26)21-19-15(25)11-24-22-16(20-23-24)13-7-3-2-4-8-13/h2-10H,11H2,1H3,(H,19,25)(H2,18,21,26). The molecule has 0 fully saturated rings. The Bertz CT molecular complexity index is 910. The van der Waals surface area contributed by atoms with Gasteiger partial charge in [-0.15, -0.1) is 10.2 Å². The average Bonchev–Trinajstić information content (AvgIpc) is 3.09. The first-order valence-electron chi connectivity index (χ1n) is 7.86. The lowest BCUT2D eigenvalue weighted by atomic mass is 10.2. The van der Waals surface area contributed by atoms with Crippen molar-refractivity contribution in [3.8, 4) is 11.4 Å². The summed E-state index contributed by atoms with van der Waals surface area (Å²) in [7, 11) is 0. The number of carbonyl (C=O) groups is 1. The van der Waals surface area contributed by atoms with E-state index in [1.54, 1.807) is 0 Å². The summed E-state index contributed by atoms with van der Waals surface area (Å²) < 4.78 is 0. The molecule has 26 heavy (non-hydrogen) atoms. The predicted molar refractivity (Wildman–Crippen MR) is 102 cm³/mol. The lowest BCUT2D eigenvalue weighted by Crippen LogP contribution is -2.45. The van der Waals surface area contributed by atoms with E-state index in [1.165, 1.54) is 4.80 Å². The maximum atomic E-state index is 12.0. The number of thiocarbonyl (C=S) groups is 1. The molecule has 0 bridgehead atoms. The number of nitrogens with one attached hydrogen (secondary N) is 3. The van der Waals surface area contributed by atoms with E-state index in [2.05, 4.69) is 31.6 Å². The second kappa shape index (κ2) is 8.17. The SMILES string of the molecule is Cc1cccc(NC(=S)NNC(=O)Cn2nnc(-c3ccccc3)n2)c1. The number of amides is 1. The Kier molecular flexibility index (Phi) is 5.49. The van der Waals surface area contributed by atoms with Crippen LogP contribution in [0.2, 0.25) is 0 Å². The van der Waals surface area contributed by atoms with Gasteiger partial charge in [-0.05, 0) is 42.1 Å². The third kappa shape index (κ3) is 4.84. The highest BCUT2D eigenvalue weighted by Gasteiger charge is 2.09. The molecule has 3 N–H and O–H groups in total. The fraction of sp³-hybridized carbons (Fsp3) is 0.118. The number of hydrazine groups is 1. The van der Waals surface area contributed by atoms with Crippen LogP contribution >= 0.6 is 12.2 Å². The minimum atomic E-state index is -0.351. The van der Waals surface area contributed by atoms with E-state index in [4.69, 9.17) is 12.2 Å². The number of nitrogens with zero attached hydrogens (tertiary/aromatic N) is 4. The summed E-state index contributed by atoms with van der Waals surface area (Å²) in [6.45, 7) is 1.90. The van der Waals surface area contributed by atoms with Crippen LogP contribution in [-0.4, -0.2) is 31.2 Å². The van der Waals surface area contributed by atoms with Crippen molar-refractivity contribution >= 4 is 28.9 Å². The summed E-state index contributed by atoms with van der Waals surface area (Å²) in [6, 6.07) is 17.1. The molecule has 0 aliphatic heterocycles. The summed E-state index contributed by atoms with van der Waals surface area (Å²) in [5.74, 6) is 0.110. The van der Waals surface area contributed by atoms with Gasteiger partial charge in [-0.2, -0.15) is 4.80 Å². The average molecular weight is 367 g/mol. The summed E-state index contributed by atoms with van der Waals surface area (Å²) in [6.07, 6.45) is 0. The van der Waals surface area contributed by atoms with Gasteiger partial charge in [0.2, 0.25) is 5.82 Å². The van der Waals surface area contributed by atoms with Crippen LogP contribution in [0, 0.1) is 6.92 Å². The number of hydrogen-bond acceptors (Lipinski definition) is 5. The summed E-state index contributed by atoms with van der Waals surface area (Å²) in [5, 5.41) is 15.3. The maximum absolute atomic E-state index is 12.0. The van der Waals surface area contributed by atoms with Gasteiger partial charge in [0.25, 0.3) is 5.91 Å². The summed E-state index contributed by atoms with van der Waals surface area (Å²) in [5.41, 5.74) is 7.91. The number of benzene rings is 2. The van der Waals surface area contributed by atoms with E-state index in [0.717, 1.165) is 16.8 Å². The molecule has 8 nitrogen and oxygen atoms in total. The van der Waals surface area contributed by atoms with E-state index >= 15 is 0 Å². The Morgan fingerprint density at radius 1 is 1.12 bits per heavy atom. The van der Waals surface area contributed by atoms with Crippen molar-refractivity contribution in [1.82, 2.24) is 31.1 Å². The molecular formula is C17H17N7OS. The van der Waals surface area contributed by atoms with E-state index in [0.29, 0.717) is 5.82 Å². The number of aryl methyl sites for hydroxylation is 1. The van der Waals surface area contributed by atoms with Crippen molar-refractivity contribution in [3.63, 3.8) is 0 Å². The van der Waals surface area contributed by atoms with Crippen LogP contribution in [0.15, 0.2) is 54.6 Å². The highest BCUT2D eigenvalue weighted by atomic mass is 32.1. The molecule has 0 saturated carbocycles.